The zero-order chi connectivity index (χ0) is 44.7. The summed E-state index contributed by atoms with van der Waals surface area (Å²) in [7, 11) is 8.11. The number of ether oxygens (including phenoxy) is 5. The number of benzene rings is 5. The molecule has 0 fully saturated rings. The highest BCUT2D eigenvalue weighted by molar-refractivity contribution is 15.0. The third-order valence-electron chi connectivity index (χ3n) is 8.76. The maximum Gasteiger partial charge on any atom is 0.193 e. The molecule has 0 aliphatic rings. The van der Waals surface area contributed by atoms with Crippen molar-refractivity contribution in [2.45, 2.75) is 40.0 Å². The minimum absolute atomic E-state index is 0.0207. The average molecular weight is 1060 g/mol. The first-order valence-corrected chi connectivity index (χ1v) is 25.0. The Morgan fingerprint density at radius 1 is 0.574 bits per heavy atom. The summed E-state index contributed by atoms with van der Waals surface area (Å²) in [6.45, 7) is 3.85. The molecule has 0 aliphatic heterocycles. The van der Waals surface area contributed by atoms with Crippen molar-refractivity contribution in [1.82, 2.24) is 0 Å². The highest BCUT2D eigenvalue weighted by atomic mass is 128. The zero-order valence-corrected chi connectivity index (χ0v) is 39.2. The highest BCUT2D eigenvalue weighted by Crippen LogP contribution is 2.24. The van der Waals surface area contributed by atoms with Crippen molar-refractivity contribution in [1.29, 1.82) is 0 Å². The summed E-state index contributed by atoms with van der Waals surface area (Å²) < 4.78 is 31.1. The number of rotatable bonds is 15. The number of hydrogen-bond donors (Lipinski definition) is 2. The van der Waals surface area contributed by atoms with Gasteiger partial charge in [0.05, 0.1) is 49.5 Å². The molecular weight excluding hydrogens is 1010 g/mol. The molecule has 322 valence electrons. The van der Waals surface area contributed by atoms with Crippen LogP contribution in [0.5, 0.6) is 11.5 Å². The Kier molecular flexibility index (Phi) is 22.6. The SMILES string of the molecule is COCc1ccc(-c2cc(=O)c3cc(COC)ccc3o2)cc1.COCc1ccc(/C=C/C(=O)c2cc(COC)ccc2O)cc1.COCc1ccc(O)c(C(C)=O)c1.II. The van der Waals surface area contributed by atoms with Gasteiger partial charge >= 0.3 is 0 Å². The summed E-state index contributed by atoms with van der Waals surface area (Å²) in [5, 5.41) is 19.7. The van der Waals surface area contributed by atoms with Gasteiger partial charge in [0.15, 0.2) is 17.0 Å². The van der Waals surface area contributed by atoms with Crippen LogP contribution >= 0.6 is 37.2 Å². The van der Waals surface area contributed by atoms with E-state index in [4.69, 9.17) is 28.1 Å². The number of methoxy groups -OCH3 is 5. The van der Waals surface area contributed by atoms with E-state index in [0.717, 1.165) is 38.9 Å². The number of ketones is 2. The summed E-state index contributed by atoms with van der Waals surface area (Å²) in [6, 6.07) is 32.3. The molecule has 6 rings (SSSR count). The van der Waals surface area contributed by atoms with Crippen molar-refractivity contribution in [3.63, 3.8) is 0 Å². The van der Waals surface area contributed by atoms with Gasteiger partial charge < -0.3 is 38.3 Å². The molecule has 1 aromatic heterocycles. The fourth-order valence-electron chi connectivity index (χ4n) is 5.85. The Bertz CT molecular complexity index is 2390. The summed E-state index contributed by atoms with van der Waals surface area (Å²) >= 11 is 4.24. The lowest BCUT2D eigenvalue weighted by Gasteiger charge is -2.06. The highest BCUT2D eigenvalue weighted by Gasteiger charge is 2.11. The third-order valence-corrected chi connectivity index (χ3v) is 8.76. The second kappa shape index (κ2) is 27.2. The van der Waals surface area contributed by atoms with E-state index < -0.39 is 0 Å². The van der Waals surface area contributed by atoms with Crippen LogP contribution in [0.15, 0.2) is 124 Å². The zero-order valence-electron chi connectivity index (χ0n) is 34.9. The molecule has 0 radical (unpaired) electrons. The molecule has 6 aromatic rings. The van der Waals surface area contributed by atoms with Crippen LogP contribution in [0.25, 0.3) is 28.4 Å². The van der Waals surface area contributed by atoms with E-state index in [-0.39, 0.29) is 34.1 Å². The van der Waals surface area contributed by atoms with Crippen molar-refractivity contribution in [3.8, 4) is 22.8 Å². The lowest BCUT2D eigenvalue weighted by atomic mass is 10.0. The molecular formula is C48H50I2O11. The lowest BCUT2D eigenvalue weighted by Crippen LogP contribution is -2.01. The van der Waals surface area contributed by atoms with Crippen molar-refractivity contribution >= 4 is 65.8 Å². The van der Waals surface area contributed by atoms with Crippen molar-refractivity contribution in [3.05, 3.63) is 170 Å². The van der Waals surface area contributed by atoms with Crippen molar-refractivity contribution in [2.24, 2.45) is 0 Å². The van der Waals surface area contributed by atoms with E-state index in [1.807, 2.05) is 66.7 Å². The first-order valence-electron chi connectivity index (χ1n) is 18.7. The van der Waals surface area contributed by atoms with Gasteiger partial charge in [-0.1, -0.05) is 72.8 Å². The van der Waals surface area contributed by atoms with Gasteiger partial charge in [0, 0.05) is 84.4 Å². The lowest BCUT2D eigenvalue weighted by molar-refractivity contribution is 0.101. The number of carbonyl (C=O) groups excluding carboxylic acids is 2. The second-order valence-electron chi connectivity index (χ2n) is 13.4. The van der Waals surface area contributed by atoms with E-state index in [0.29, 0.717) is 55.3 Å². The molecule has 0 atom stereocenters. The maximum atomic E-state index is 12.4. The summed E-state index contributed by atoms with van der Waals surface area (Å²) in [5.74, 6) is 0.158. The molecule has 0 unspecified atom stereocenters. The molecule has 2 N–H and O–H groups in total. The van der Waals surface area contributed by atoms with Crippen molar-refractivity contribution in [2.75, 3.05) is 35.5 Å². The fourth-order valence-corrected chi connectivity index (χ4v) is 5.85. The summed E-state index contributed by atoms with van der Waals surface area (Å²) in [6.07, 6.45) is 3.18. The van der Waals surface area contributed by atoms with Gasteiger partial charge in [-0.3, -0.25) is 14.4 Å². The third kappa shape index (κ3) is 16.2. The van der Waals surface area contributed by atoms with E-state index in [1.54, 1.807) is 65.9 Å². The minimum atomic E-state index is -0.249. The predicted octanol–water partition coefficient (Wildman–Crippen LogP) is 10.8. The molecule has 61 heavy (non-hydrogen) atoms. The number of phenols is 2. The van der Waals surface area contributed by atoms with Gasteiger partial charge in [0.25, 0.3) is 0 Å². The number of aromatic hydroxyl groups is 2. The average Bonchev–Trinajstić information content (AvgIpc) is 3.26. The van der Waals surface area contributed by atoms with Gasteiger partial charge in [-0.2, -0.15) is 0 Å². The number of phenolic OH excluding ortho intramolecular Hbond substituents is 2. The molecule has 1 heterocycles. The number of carbonyl (C=O) groups is 2. The molecule has 0 amide bonds. The Morgan fingerprint density at radius 3 is 1.51 bits per heavy atom. The molecule has 0 saturated carbocycles. The van der Waals surface area contributed by atoms with Crippen LogP contribution in [0.3, 0.4) is 0 Å². The Labute approximate surface area is 379 Å². The summed E-state index contributed by atoms with van der Waals surface area (Å²) in [4.78, 5) is 35.7. The number of Topliss-reactive ketones (excluding diaryl/α,β-unsaturated/α-hetero) is 1. The number of fused-ring (bicyclic) bond motifs is 1. The Balaban J connectivity index is 0.000000248. The molecule has 13 heteroatoms. The van der Waals surface area contributed by atoms with Gasteiger partial charge in [-0.05, 0) is 82.8 Å². The van der Waals surface area contributed by atoms with Crippen LogP contribution in [0.1, 0.15) is 61.0 Å². The van der Waals surface area contributed by atoms with Crippen LogP contribution < -0.4 is 5.43 Å². The molecule has 0 aliphatic carbocycles. The number of halogens is 2. The first-order chi connectivity index (χ1) is 29.5. The predicted molar refractivity (Wildman–Crippen MR) is 256 cm³/mol. The van der Waals surface area contributed by atoms with E-state index in [1.165, 1.54) is 31.2 Å². The molecule has 0 spiro atoms. The largest absolute Gasteiger partial charge is 0.507 e. The van der Waals surface area contributed by atoms with Crippen LogP contribution in [0.2, 0.25) is 0 Å². The van der Waals surface area contributed by atoms with E-state index >= 15 is 0 Å². The molecule has 11 nitrogen and oxygen atoms in total. The van der Waals surface area contributed by atoms with E-state index in [9.17, 15) is 24.6 Å². The topological polar surface area (TPSA) is 151 Å². The van der Waals surface area contributed by atoms with E-state index in [2.05, 4.69) is 37.2 Å². The quantitative estimate of drug-likeness (QED) is 0.0575. The van der Waals surface area contributed by atoms with Gasteiger partial charge in [-0.15, -0.1) is 0 Å². The smallest absolute Gasteiger partial charge is 0.193 e. The van der Waals surface area contributed by atoms with Crippen LogP contribution in [0, 0.1) is 0 Å². The normalized spacial score (nSPS) is 10.6. The van der Waals surface area contributed by atoms with Gasteiger partial charge in [0.2, 0.25) is 0 Å². The minimum Gasteiger partial charge on any atom is -0.507 e. The standard InChI is InChI=1S/C19H18O4.C19H20O4.C10H12O3.I2/c1-21-11-13-3-6-15(7-4-13)19-10-17(20)16-9-14(12-22-2)5-8-18(16)23-19;1-22-12-15-5-3-14(4-6-15)7-9-18(20)17-11-16(13-23-2)8-10-19(17)21;1-7(11)9-5-8(6-13-2)3-4-10(9)12;1-2/h3-10H,11-12H2,1-2H3;3-11,21H,12-13H2,1-2H3;3-5,12H,6H2,1-2H3;/b;9-7+;;. The Morgan fingerprint density at radius 2 is 1.00 bits per heavy atom. The summed E-state index contributed by atoms with van der Waals surface area (Å²) in [5.41, 5.74) is 7.72. The molecule has 0 bridgehead atoms. The molecule has 0 saturated heterocycles. The van der Waals surface area contributed by atoms with Crippen LogP contribution in [-0.4, -0.2) is 57.3 Å². The first kappa shape index (κ1) is 50.6. The van der Waals surface area contributed by atoms with Crippen LogP contribution in [-0.2, 0) is 56.7 Å². The Hall–Kier alpha value is -4.75. The van der Waals surface area contributed by atoms with Gasteiger partial charge in [-0.25, -0.2) is 0 Å². The van der Waals surface area contributed by atoms with Crippen molar-refractivity contribution < 1.29 is 47.9 Å². The molecule has 5 aromatic carbocycles. The fraction of sp³-hybridized carbons (Fsp3) is 0.229. The number of hydrogen-bond acceptors (Lipinski definition) is 11. The monoisotopic (exact) mass is 1060 g/mol. The number of allylic oxidation sites excluding steroid dienone is 1. The van der Waals surface area contributed by atoms with Crippen LogP contribution in [0.4, 0.5) is 0 Å². The maximum absolute atomic E-state index is 12.4. The van der Waals surface area contributed by atoms with Gasteiger partial charge in [0.1, 0.15) is 22.8 Å². The second-order valence-corrected chi connectivity index (χ2v) is 13.4.